The van der Waals surface area contributed by atoms with Gasteiger partial charge in [0.25, 0.3) is 0 Å². The van der Waals surface area contributed by atoms with Gasteiger partial charge in [-0.05, 0) is 62.9 Å². The van der Waals surface area contributed by atoms with Gasteiger partial charge in [-0.3, -0.25) is 9.52 Å². The molecule has 1 amide bonds. The molecule has 1 saturated heterocycles. The zero-order chi connectivity index (χ0) is 18.1. The number of aryl methyl sites for hydroxylation is 1. The van der Waals surface area contributed by atoms with Crippen molar-refractivity contribution < 1.29 is 13.2 Å². The van der Waals surface area contributed by atoms with Crippen LogP contribution in [0.4, 0.5) is 11.4 Å². The molecule has 1 aliphatic carbocycles. The normalized spacial score (nSPS) is 25.1. The lowest BCUT2D eigenvalue weighted by molar-refractivity contribution is -0.128. The summed E-state index contributed by atoms with van der Waals surface area (Å²) in [5.41, 5.74) is 1.76. The number of hydrogen-bond acceptors (Lipinski definition) is 4. The van der Waals surface area contributed by atoms with Crippen molar-refractivity contribution in [2.45, 2.75) is 39.5 Å². The van der Waals surface area contributed by atoms with Crippen LogP contribution in [0.15, 0.2) is 18.2 Å². The lowest BCUT2D eigenvalue weighted by Gasteiger charge is -2.37. The van der Waals surface area contributed by atoms with Crippen molar-refractivity contribution in [3.63, 3.8) is 0 Å². The summed E-state index contributed by atoms with van der Waals surface area (Å²) < 4.78 is 26.0. The summed E-state index contributed by atoms with van der Waals surface area (Å²) in [6, 6.07) is 5.29. The van der Waals surface area contributed by atoms with Crippen molar-refractivity contribution >= 4 is 39.7 Å². The predicted molar refractivity (Wildman–Crippen MR) is 107 cm³/mol. The Labute approximate surface area is 162 Å². The fraction of sp³-hybridized carbons (Fsp3) is 0.611. The number of rotatable bonds is 5. The van der Waals surface area contributed by atoms with Gasteiger partial charge in [0.05, 0.1) is 16.9 Å². The van der Waals surface area contributed by atoms with E-state index in [0.29, 0.717) is 17.3 Å². The molecule has 1 aromatic rings. The zero-order valence-corrected chi connectivity index (χ0v) is 16.9. The van der Waals surface area contributed by atoms with Crippen LogP contribution in [-0.2, 0) is 14.8 Å². The molecule has 2 fully saturated rings. The first kappa shape index (κ1) is 21.0. The van der Waals surface area contributed by atoms with E-state index >= 15 is 0 Å². The lowest BCUT2D eigenvalue weighted by Crippen LogP contribution is -2.44. The molecule has 1 saturated carbocycles. The summed E-state index contributed by atoms with van der Waals surface area (Å²) in [6.45, 7) is 5.10. The molecule has 1 aliphatic heterocycles. The van der Waals surface area contributed by atoms with Gasteiger partial charge in [0.15, 0.2) is 0 Å². The number of fused-ring (bicyclic) bond motifs is 1. The molecule has 0 radical (unpaired) electrons. The third kappa shape index (κ3) is 4.15. The minimum Gasteiger partial charge on any atom is -0.326 e. The lowest BCUT2D eigenvalue weighted by atomic mass is 9.67. The van der Waals surface area contributed by atoms with Gasteiger partial charge >= 0.3 is 0 Å². The third-order valence-corrected chi connectivity index (χ3v) is 6.91. The molecule has 146 valence electrons. The van der Waals surface area contributed by atoms with Crippen LogP contribution in [-0.4, -0.2) is 33.2 Å². The Kier molecular flexibility index (Phi) is 6.58. The van der Waals surface area contributed by atoms with Gasteiger partial charge in [-0.2, -0.15) is 0 Å². The maximum atomic E-state index is 13.0. The van der Waals surface area contributed by atoms with Crippen LogP contribution in [0.3, 0.4) is 0 Å². The molecule has 0 unspecified atom stereocenters. The summed E-state index contributed by atoms with van der Waals surface area (Å²) >= 11 is 0. The van der Waals surface area contributed by atoms with Gasteiger partial charge in [-0.1, -0.05) is 12.8 Å². The fourth-order valence-corrected chi connectivity index (χ4v) is 4.75. The van der Waals surface area contributed by atoms with Crippen molar-refractivity contribution in [3.8, 4) is 0 Å². The summed E-state index contributed by atoms with van der Waals surface area (Å²) in [5.74, 6) is 0.531. The largest absolute Gasteiger partial charge is 0.326 e. The maximum Gasteiger partial charge on any atom is 0.232 e. The standard InChI is InChI=1S/C18H27N3O3S.ClH/c1-3-25(23,24)21-16-8-7-15(10-13(16)2)20-17(22)18-9-5-4-6-14(18)11-19-12-18;/h7-8,10,14,19,21H,3-6,9,11-12H2,1-2H3,(H,20,22);1H/t14-,18+;/m0./s1. The molecule has 0 bridgehead atoms. The highest BCUT2D eigenvalue weighted by molar-refractivity contribution is 7.92. The summed E-state index contributed by atoms with van der Waals surface area (Å²) in [7, 11) is -3.31. The van der Waals surface area contributed by atoms with E-state index in [9.17, 15) is 13.2 Å². The average molecular weight is 402 g/mol. The zero-order valence-electron chi connectivity index (χ0n) is 15.3. The van der Waals surface area contributed by atoms with E-state index in [0.717, 1.165) is 37.9 Å². The van der Waals surface area contributed by atoms with E-state index in [2.05, 4.69) is 15.4 Å². The first-order chi connectivity index (χ1) is 11.9. The van der Waals surface area contributed by atoms with Crippen LogP contribution in [0, 0.1) is 18.3 Å². The van der Waals surface area contributed by atoms with E-state index in [-0.39, 0.29) is 29.5 Å². The second-order valence-corrected chi connectivity index (χ2v) is 9.23. The molecule has 3 rings (SSSR count). The Morgan fingerprint density at radius 3 is 2.81 bits per heavy atom. The van der Waals surface area contributed by atoms with Crippen LogP contribution in [0.25, 0.3) is 0 Å². The SMILES string of the molecule is CCS(=O)(=O)Nc1ccc(NC(=O)[C@@]23CCCC[C@H]2CNC3)cc1C.Cl. The van der Waals surface area contributed by atoms with Gasteiger partial charge in [0, 0.05) is 12.2 Å². The average Bonchev–Trinajstić information content (AvgIpc) is 3.02. The Morgan fingerprint density at radius 2 is 2.12 bits per heavy atom. The Hall–Kier alpha value is -1.31. The van der Waals surface area contributed by atoms with E-state index < -0.39 is 10.0 Å². The second-order valence-electron chi connectivity index (χ2n) is 7.22. The van der Waals surface area contributed by atoms with Crippen LogP contribution in [0.5, 0.6) is 0 Å². The van der Waals surface area contributed by atoms with Crippen LogP contribution >= 0.6 is 12.4 Å². The number of halogens is 1. The molecule has 2 aliphatic rings. The monoisotopic (exact) mass is 401 g/mol. The highest BCUT2D eigenvalue weighted by atomic mass is 35.5. The molecule has 26 heavy (non-hydrogen) atoms. The number of benzene rings is 1. The smallest absolute Gasteiger partial charge is 0.232 e. The molecule has 0 aromatic heterocycles. The van der Waals surface area contributed by atoms with Gasteiger partial charge < -0.3 is 10.6 Å². The quantitative estimate of drug-likeness (QED) is 0.707. The van der Waals surface area contributed by atoms with Gasteiger partial charge in [0.2, 0.25) is 15.9 Å². The van der Waals surface area contributed by atoms with Crippen molar-refractivity contribution in [2.24, 2.45) is 11.3 Å². The van der Waals surface area contributed by atoms with Crippen molar-refractivity contribution in [1.82, 2.24) is 5.32 Å². The van der Waals surface area contributed by atoms with Crippen molar-refractivity contribution in [3.05, 3.63) is 23.8 Å². The maximum absolute atomic E-state index is 13.0. The molecule has 1 aromatic carbocycles. The summed E-state index contributed by atoms with van der Waals surface area (Å²) in [6.07, 6.45) is 4.34. The Morgan fingerprint density at radius 1 is 1.35 bits per heavy atom. The van der Waals surface area contributed by atoms with Crippen LogP contribution < -0.4 is 15.4 Å². The van der Waals surface area contributed by atoms with E-state index in [4.69, 9.17) is 0 Å². The molecule has 2 atom stereocenters. The minimum atomic E-state index is -3.31. The highest BCUT2D eigenvalue weighted by Gasteiger charge is 2.49. The number of nitrogens with one attached hydrogen (secondary N) is 3. The first-order valence-corrected chi connectivity index (χ1v) is 10.6. The van der Waals surface area contributed by atoms with Crippen molar-refractivity contribution in [2.75, 3.05) is 28.9 Å². The topological polar surface area (TPSA) is 87.3 Å². The van der Waals surface area contributed by atoms with Crippen LogP contribution in [0.2, 0.25) is 0 Å². The number of carbonyl (C=O) groups excluding carboxylic acids is 1. The molecular weight excluding hydrogens is 374 g/mol. The van der Waals surface area contributed by atoms with E-state index in [1.165, 1.54) is 6.42 Å². The first-order valence-electron chi connectivity index (χ1n) is 8.99. The number of anilines is 2. The fourth-order valence-electron chi connectivity index (χ4n) is 4.04. The molecule has 8 heteroatoms. The van der Waals surface area contributed by atoms with Gasteiger partial charge in [-0.25, -0.2) is 8.42 Å². The van der Waals surface area contributed by atoms with E-state index in [1.807, 2.05) is 13.0 Å². The van der Waals surface area contributed by atoms with E-state index in [1.54, 1.807) is 19.1 Å². The number of hydrogen-bond donors (Lipinski definition) is 3. The molecule has 3 N–H and O–H groups in total. The Bertz CT molecular complexity index is 769. The number of amides is 1. The predicted octanol–water partition coefficient (Wildman–Crippen LogP) is 2.90. The molecule has 6 nitrogen and oxygen atoms in total. The molecular formula is C18H28ClN3O3S. The number of carbonyl (C=O) groups is 1. The highest BCUT2D eigenvalue weighted by Crippen LogP contribution is 2.44. The van der Waals surface area contributed by atoms with Gasteiger partial charge in [-0.15, -0.1) is 12.4 Å². The summed E-state index contributed by atoms with van der Waals surface area (Å²) in [4.78, 5) is 13.0. The molecule has 0 spiro atoms. The van der Waals surface area contributed by atoms with Crippen molar-refractivity contribution in [1.29, 1.82) is 0 Å². The van der Waals surface area contributed by atoms with Gasteiger partial charge in [0.1, 0.15) is 0 Å². The molecule has 1 heterocycles. The minimum absolute atomic E-state index is 0. The third-order valence-electron chi connectivity index (χ3n) is 5.62. The Balaban J connectivity index is 0.00000243. The number of sulfonamides is 1. The summed E-state index contributed by atoms with van der Waals surface area (Å²) in [5, 5.41) is 6.45. The van der Waals surface area contributed by atoms with Crippen LogP contribution in [0.1, 0.15) is 38.2 Å². The second kappa shape index (κ2) is 8.15.